The van der Waals surface area contributed by atoms with E-state index >= 15 is 4.39 Å². The molecule has 8 nitrogen and oxygen atoms in total. The second-order valence-corrected chi connectivity index (χ2v) is 10.8. The molecule has 0 radical (unpaired) electrons. The first-order valence-electron chi connectivity index (χ1n) is 11.0. The number of carbonyl (C=O) groups is 1. The summed E-state index contributed by atoms with van der Waals surface area (Å²) in [6, 6.07) is 11.8. The van der Waals surface area contributed by atoms with E-state index in [1.165, 1.54) is 6.92 Å². The molecule has 1 atom stereocenters. The summed E-state index contributed by atoms with van der Waals surface area (Å²) in [4.78, 5) is 20.4. The first kappa shape index (κ1) is 26.8. The summed E-state index contributed by atoms with van der Waals surface area (Å²) in [6.07, 6.45) is -4.71. The van der Waals surface area contributed by atoms with Gasteiger partial charge in [-0.25, -0.2) is 14.2 Å². The van der Waals surface area contributed by atoms with Gasteiger partial charge in [0.15, 0.2) is 5.82 Å². The Morgan fingerprint density at radius 1 is 1.27 bits per heavy atom. The van der Waals surface area contributed by atoms with Crippen molar-refractivity contribution in [2.45, 2.75) is 37.0 Å². The zero-order chi connectivity index (χ0) is 26.8. The van der Waals surface area contributed by atoms with Crippen LogP contribution in [0.1, 0.15) is 17.5 Å². The van der Waals surface area contributed by atoms with Gasteiger partial charge in [0.25, 0.3) is 10.0 Å². The molecule has 3 aromatic rings. The monoisotopic (exact) mass is 558 g/mol. The number of alkyl halides is 3. The van der Waals surface area contributed by atoms with Crippen LogP contribution in [0.4, 0.5) is 29.1 Å². The number of hydrogen-bond donors (Lipinski definition) is 1. The van der Waals surface area contributed by atoms with Crippen LogP contribution in [-0.4, -0.2) is 49.6 Å². The van der Waals surface area contributed by atoms with Gasteiger partial charge in [-0.15, -0.1) is 11.3 Å². The molecule has 0 aliphatic carbocycles. The number of nitrogens with one attached hydrogen (secondary N) is 1. The average molecular weight is 559 g/mol. The van der Waals surface area contributed by atoms with Crippen LogP contribution in [-0.2, 0) is 26.2 Å². The minimum atomic E-state index is -5.48. The van der Waals surface area contributed by atoms with Crippen LogP contribution in [0.25, 0.3) is 0 Å². The molecule has 0 bridgehead atoms. The van der Waals surface area contributed by atoms with Crippen molar-refractivity contribution in [3.05, 3.63) is 70.3 Å². The second-order valence-electron chi connectivity index (χ2n) is 8.40. The Morgan fingerprint density at radius 2 is 2.00 bits per heavy atom. The Kier molecular flexibility index (Phi) is 7.71. The number of anilines is 2. The summed E-state index contributed by atoms with van der Waals surface area (Å²) in [5.74, 6) is -4.64. The average Bonchev–Trinajstić information content (AvgIpc) is 3.51. The van der Waals surface area contributed by atoms with E-state index in [1.807, 2.05) is 30.3 Å². The van der Waals surface area contributed by atoms with Crippen LogP contribution in [0, 0.1) is 12.7 Å². The van der Waals surface area contributed by atoms with E-state index in [4.69, 9.17) is 0 Å². The fraction of sp³-hybridized carbons (Fsp3) is 0.304. The van der Waals surface area contributed by atoms with Gasteiger partial charge in [0.1, 0.15) is 10.7 Å². The quantitative estimate of drug-likeness (QED) is 0.322. The van der Waals surface area contributed by atoms with Gasteiger partial charge in [-0.3, -0.25) is 4.90 Å². The molecule has 0 amide bonds. The fourth-order valence-electron chi connectivity index (χ4n) is 3.90. The van der Waals surface area contributed by atoms with Gasteiger partial charge in [-0.2, -0.15) is 21.6 Å². The van der Waals surface area contributed by atoms with Gasteiger partial charge in [0.2, 0.25) is 0 Å². The van der Waals surface area contributed by atoms with Crippen molar-refractivity contribution >= 4 is 38.8 Å². The van der Waals surface area contributed by atoms with Crippen LogP contribution in [0.5, 0.6) is 0 Å². The molecule has 1 saturated heterocycles. The number of aryl methyl sites for hydroxylation is 1. The van der Waals surface area contributed by atoms with Crippen molar-refractivity contribution in [3.63, 3.8) is 0 Å². The molecule has 0 spiro atoms. The lowest BCUT2D eigenvalue weighted by Gasteiger charge is -2.22. The molecular formula is C23H22F4N4O4S2. The Morgan fingerprint density at radius 3 is 2.65 bits per heavy atom. The van der Waals surface area contributed by atoms with Crippen molar-refractivity contribution < 1.29 is 35.6 Å². The number of thiazole rings is 1. The van der Waals surface area contributed by atoms with Crippen molar-refractivity contribution in [1.29, 1.82) is 0 Å². The summed E-state index contributed by atoms with van der Waals surface area (Å²) in [6.45, 7) is 3.79. The highest BCUT2D eigenvalue weighted by Gasteiger charge is 2.45. The Balaban J connectivity index is 1.53. The van der Waals surface area contributed by atoms with Gasteiger partial charge in [-0.1, -0.05) is 34.8 Å². The fourth-order valence-corrected chi connectivity index (χ4v) is 5.79. The van der Waals surface area contributed by atoms with E-state index in [-0.39, 0.29) is 10.5 Å². The molecule has 0 saturated carbocycles. The molecule has 1 N–H and O–H groups in total. The van der Waals surface area contributed by atoms with Crippen LogP contribution in [0.15, 0.2) is 58.3 Å². The predicted molar refractivity (Wildman–Crippen MR) is 129 cm³/mol. The summed E-state index contributed by atoms with van der Waals surface area (Å²) in [5.41, 5.74) is 2.96. The number of carbonyl (C=O) groups excluding carboxylic acids is 1. The molecule has 2 aromatic carbocycles. The largest absolute Gasteiger partial charge is 0.493 e. The number of benzene rings is 2. The number of likely N-dealkylation sites (tertiary alicyclic amines) is 1. The highest BCUT2D eigenvalue weighted by molar-refractivity contribution is 7.92. The number of halogens is 4. The Labute approximate surface area is 214 Å². The van der Waals surface area contributed by atoms with Crippen molar-refractivity contribution in [1.82, 2.24) is 9.88 Å². The third kappa shape index (κ3) is 6.19. The zero-order valence-electron chi connectivity index (χ0n) is 19.4. The van der Waals surface area contributed by atoms with Crippen molar-refractivity contribution in [2.75, 3.05) is 22.9 Å². The molecule has 1 aliphatic heterocycles. The third-order valence-electron chi connectivity index (χ3n) is 5.66. The molecule has 1 aliphatic rings. The van der Waals surface area contributed by atoms with Gasteiger partial charge in [-0.05, 0) is 36.6 Å². The van der Waals surface area contributed by atoms with Crippen LogP contribution >= 0.6 is 11.3 Å². The number of aromatic nitrogens is 1. The number of sulfonamides is 1. The first-order valence-corrected chi connectivity index (χ1v) is 13.4. The summed E-state index contributed by atoms with van der Waals surface area (Å²) in [7, 11) is -5.10. The Hall–Kier alpha value is -3.23. The van der Waals surface area contributed by atoms with Crippen LogP contribution in [0.3, 0.4) is 0 Å². The van der Waals surface area contributed by atoms with E-state index in [0.29, 0.717) is 17.8 Å². The maximum Gasteiger partial charge on any atom is 0.493 e. The molecule has 0 unspecified atom stereocenters. The molecule has 37 heavy (non-hydrogen) atoms. The molecule has 14 heteroatoms. The highest BCUT2D eigenvalue weighted by atomic mass is 32.2. The normalized spacial score (nSPS) is 16.5. The smallest absolute Gasteiger partial charge is 0.381 e. The second kappa shape index (κ2) is 10.6. The maximum absolute atomic E-state index is 15.1. The molecular weight excluding hydrogens is 536 g/mol. The van der Waals surface area contributed by atoms with Gasteiger partial charge in [0.05, 0.1) is 5.51 Å². The van der Waals surface area contributed by atoms with Gasteiger partial charge >= 0.3 is 12.1 Å². The summed E-state index contributed by atoms with van der Waals surface area (Å²) < 4.78 is 79.4. The maximum atomic E-state index is 15.1. The predicted octanol–water partition coefficient (Wildman–Crippen LogP) is 4.49. The first-order chi connectivity index (χ1) is 17.4. The van der Waals surface area contributed by atoms with Gasteiger partial charge in [0, 0.05) is 36.7 Å². The molecule has 4 rings (SSSR count). The molecule has 1 fully saturated rings. The Bertz CT molecular complexity index is 1350. The SMILES string of the molecule is Cc1cc(S(=O)(=O)N(OC(=O)C(F)(F)F)c2cscn2)c(F)cc1N[C@H]1CCN(Cc2ccccc2)C1. The standard InChI is InChI=1S/C23H22F4N4O4S2/c1-15-9-20(37(33,34)31(21-13-36-14-28-21)35-22(32)23(25,26)27)18(24)10-19(15)29-17-7-8-30(12-17)11-16-5-3-2-4-6-16/h2-6,9-10,13-14,17,29H,7-8,11-12H2,1H3/t17-/m0/s1. The summed E-state index contributed by atoms with van der Waals surface area (Å²) in [5, 5.41) is 4.26. The molecule has 198 valence electrons. The van der Waals surface area contributed by atoms with Crippen LogP contribution < -0.4 is 9.79 Å². The minimum absolute atomic E-state index is 0.0245. The topological polar surface area (TPSA) is 91.8 Å². The number of nitrogens with zero attached hydrogens (tertiary/aromatic N) is 3. The molecule has 2 heterocycles. The highest BCUT2D eigenvalue weighted by Crippen LogP contribution is 2.31. The summed E-state index contributed by atoms with van der Waals surface area (Å²) >= 11 is 0.844. The lowest BCUT2D eigenvalue weighted by atomic mass is 10.1. The van der Waals surface area contributed by atoms with Crippen molar-refractivity contribution in [3.8, 4) is 0 Å². The van der Waals surface area contributed by atoms with E-state index in [0.717, 1.165) is 59.4 Å². The van der Waals surface area contributed by atoms with Gasteiger partial charge < -0.3 is 10.2 Å². The van der Waals surface area contributed by atoms with Crippen LogP contribution in [0.2, 0.25) is 0 Å². The van der Waals surface area contributed by atoms with Crippen molar-refractivity contribution in [2.24, 2.45) is 0 Å². The number of rotatable bonds is 8. The van der Waals surface area contributed by atoms with E-state index < -0.39 is 38.7 Å². The number of hydrogen-bond acceptors (Lipinski definition) is 8. The third-order valence-corrected chi connectivity index (χ3v) is 7.80. The van der Waals surface area contributed by atoms with E-state index in [1.54, 1.807) is 0 Å². The van der Waals surface area contributed by atoms with E-state index in [2.05, 4.69) is 20.0 Å². The lowest BCUT2D eigenvalue weighted by molar-refractivity contribution is -0.199. The van der Waals surface area contributed by atoms with E-state index in [9.17, 15) is 26.4 Å². The molecule has 1 aromatic heterocycles. The lowest BCUT2D eigenvalue weighted by Crippen LogP contribution is -2.39. The zero-order valence-corrected chi connectivity index (χ0v) is 21.0. The minimum Gasteiger partial charge on any atom is -0.381 e.